The van der Waals surface area contributed by atoms with Crippen molar-refractivity contribution in [2.75, 3.05) is 6.54 Å². The number of hydrogen-bond acceptors (Lipinski definition) is 6. The van der Waals surface area contributed by atoms with Crippen molar-refractivity contribution in [1.29, 1.82) is 0 Å². The van der Waals surface area contributed by atoms with Crippen molar-refractivity contribution in [1.82, 2.24) is 5.16 Å². The van der Waals surface area contributed by atoms with Crippen LogP contribution in [-0.2, 0) is 17.6 Å². The zero-order valence-electron chi connectivity index (χ0n) is 18.9. The maximum absolute atomic E-state index is 12.8. The number of aryl methyl sites for hydroxylation is 1. The summed E-state index contributed by atoms with van der Waals surface area (Å²) < 4.78 is 5.45. The van der Waals surface area contributed by atoms with Crippen molar-refractivity contribution in [2.24, 2.45) is 15.8 Å². The molecule has 6 nitrogen and oxygen atoms in total. The van der Waals surface area contributed by atoms with Gasteiger partial charge in [-0.25, -0.2) is 0 Å². The van der Waals surface area contributed by atoms with Crippen molar-refractivity contribution in [3.63, 3.8) is 0 Å². The molecule has 1 aromatic heterocycles. The Morgan fingerprint density at radius 2 is 1.73 bits per heavy atom. The lowest BCUT2D eigenvalue weighted by atomic mass is 9.73. The van der Waals surface area contributed by atoms with Gasteiger partial charge in [-0.15, -0.1) is 0 Å². The van der Waals surface area contributed by atoms with Crippen LogP contribution in [0.1, 0.15) is 95.0 Å². The summed E-state index contributed by atoms with van der Waals surface area (Å²) in [5.41, 5.74) is 1.94. The van der Waals surface area contributed by atoms with Crippen LogP contribution in [0, 0.1) is 10.8 Å². The first-order chi connectivity index (χ1) is 14.0. The van der Waals surface area contributed by atoms with Gasteiger partial charge in [-0.05, 0) is 23.7 Å². The number of aliphatic hydroxyl groups excluding tert-OH is 1. The molecule has 2 aliphatic carbocycles. The summed E-state index contributed by atoms with van der Waals surface area (Å²) in [7, 11) is 0. The fraction of sp³-hybridized carbons (Fsp3) is 0.667. The van der Waals surface area contributed by atoms with Crippen LogP contribution in [0.15, 0.2) is 20.8 Å². The van der Waals surface area contributed by atoms with Gasteiger partial charge in [-0.2, -0.15) is 0 Å². The van der Waals surface area contributed by atoms with E-state index in [4.69, 9.17) is 4.52 Å². The second-order valence-electron chi connectivity index (χ2n) is 10.3. The smallest absolute Gasteiger partial charge is 0.168 e. The molecule has 1 aromatic rings. The van der Waals surface area contributed by atoms with E-state index in [0.29, 0.717) is 67.0 Å². The maximum Gasteiger partial charge on any atom is 0.168 e. The standard InChI is InChI=1S/C24H34N2O4/c1-6-7-10-25-16-11-23(2,3)12-18(28)21(16)17(27)9-8-15-22-19(29)13-24(4,5)14-20(22)30-26-15/h27H,6-14H2,1-5H3/b21-17-,25-16?. The third-order valence-corrected chi connectivity index (χ3v) is 5.94. The summed E-state index contributed by atoms with van der Waals surface area (Å²) in [5.74, 6) is 0.669. The van der Waals surface area contributed by atoms with E-state index in [2.05, 4.69) is 30.9 Å². The number of rotatable bonds is 6. The summed E-state index contributed by atoms with van der Waals surface area (Å²) in [5, 5.41) is 14.9. The van der Waals surface area contributed by atoms with E-state index >= 15 is 0 Å². The third kappa shape index (κ3) is 4.90. The van der Waals surface area contributed by atoms with Gasteiger partial charge in [0.15, 0.2) is 11.6 Å². The number of aliphatic hydroxyl groups is 1. The molecule has 164 valence electrons. The van der Waals surface area contributed by atoms with Crippen LogP contribution in [0.25, 0.3) is 0 Å². The molecule has 30 heavy (non-hydrogen) atoms. The van der Waals surface area contributed by atoms with Crippen LogP contribution in [0.3, 0.4) is 0 Å². The van der Waals surface area contributed by atoms with Crippen LogP contribution < -0.4 is 0 Å². The zero-order chi connectivity index (χ0) is 22.1. The summed E-state index contributed by atoms with van der Waals surface area (Å²) in [4.78, 5) is 30.1. The van der Waals surface area contributed by atoms with Crippen molar-refractivity contribution >= 4 is 17.3 Å². The highest BCUT2D eigenvalue weighted by molar-refractivity contribution is 6.24. The van der Waals surface area contributed by atoms with Crippen molar-refractivity contribution in [3.05, 3.63) is 28.3 Å². The quantitative estimate of drug-likeness (QED) is 0.392. The highest BCUT2D eigenvalue weighted by Gasteiger charge is 2.38. The predicted octanol–water partition coefficient (Wildman–Crippen LogP) is 5.20. The molecule has 3 rings (SSSR count). The average molecular weight is 415 g/mol. The lowest BCUT2D eigenvalue weighted by molar-refractivity contribution is -0.117. The Bertz CT molecular complexity index is 902. The van der Waals surface area contributed by atoms with E-state index in [1.54, 1.807) is 0 Å². The van der Waals surface area contributed by atoms with E-state index in [-0.39, 0.29) is 34.6 Å². The first-order valence-electron chi connectivity index (χ1n) is 11.0. The molecule has 0 atom stereocenters. The van der Waals surface area contributed by atoms with Gasteiger partial charge in [0, 0.05) is 44.4 Å². The van der Waals surface area contributed by atoms with Crippen molar-refractivity contribution in [3.8, 4) is 0 Å². The number of unbranched alkanes of at least 4 members (excludes halogenated alkanes) is 1. The normalized spacial score (nSPS) is 23.6. The van der Waals surface area contributed by atoms with Gasteiger partial charge in [0.25, 0.3) is 0 Å². The Morgan fingerprint density at radius 3 is 2.43 bits per heavy atom. The van der Waals surface area contributed by atoms with Gasteiger partial charge in [0.05, 0.1) is 16.8 Å². The largest absolute Gasteiger partial charge is 0.511 e. The molecule has 0 radical (unpaired) electrons. The summed E-state index contributed by atoms with van der Waals surface area (Å²) in [6.07, 6.45) is 4.79. The molecule has 0 unspecified atom stereocenters. The summed E-state index contributed by atoms with van der Waals surface area (Å²) >= 11 is 0. The number of carbonyl (C=O) groups excluding carboxylic acids is 2. The van der Waals surface area contributed by atoms with Gasteiger partial charge >= 0.3 is 0 Å². The van der Waals surface area contributed by atoms with E-state index < -0.39 is 0 Å². The average Bonchev–Trinajstić information content (AvgIpc) is 3.00. The summed E-state index contributed by atoms with van der Waals surface area (Å²) in [6, 6.07) is 0. The number of carbonyl (C=O) groups is 2. The number of ketones is 2. The Morgan fingerprint density at radius 1 is 1.07 bits per heavy atom. The van der Waals surface area contributed by atoms with Gasteiger partial charge < -0.3 is 9.63 Å². The molecule has 0 aliphatic heterocycles. The van der Waals surface area contributed by atoms with Crippen LogP contribution in [0.4, 0.5) is 0 Å². The van der Waals surface area contributed by atoms with Gasteiger partial charge in [0.2, 0.25) is 0 Å². The van der Waals surface area contributed by atoms with E-state index in [0.717, 1.165) is 12.8 Å². The first kappa shape index (κ1) is 22.4. The molecule has 6 heteroatoms. The molecular weight excluding hydrogens is 380 g/mol. The molecule has 2 aliphatic rings. The van der Waals surface area contributed by atoms with Crippen LogP contribution in [-0.4, -0.2) is 34.1 Å². The third-order valence-electron chi connectivity index (χ3n) is 5.94. The highest BCUT2D eigenvalue weighted by atomic mass is 16.5. The van der Waals surface area contributed by atoms with Crippen molar-refractivity contribution < 1.29 is 19.2 Å². The van der Waals surface area contributed by atoms with Crippen LogP contribution >= 0.6 is 0 Å². The van der Waals surface area contributed by atoms with E-state index in [1.165, 1.54) is 0 Å². The predicted molar refractivity (Wildman–Crippen MR) is 116 cm³/mol. The molecule has 0 amide bonds. The second-order valence-corrected chi connectivity index (χ2v) is 10.3. The minimum atomic E-state index is -0.156. The number of hydrogen-bond donors (Lipinski definition) is 1. The minimum Gasteiger partial charge on any atom is -0.511 e. The SMILES string of the molecule is CCCCN=C1CC(C)(C)CC(=O)/C1=C(\O)CCc1noc2c1C(=O)CC(C)(C)C2. The Balaban J connectivity index is 1.82. The fourth-order valence-electron chi connectivity index (χ4n) is 4.47. The lowest BCUT2D eigenvalue weighted by Gasteiger charge is -2.31. The number of Topliss-reactive ketones (excluding diaryl/α,β-unsaturated/α-hetero) is 2. The molecule has 0 bridgehead atoms. The molecule has 0 aromatic carbocycles. The molecular formula is C24H34N2O4. The molecule has 1 heterocycles. The van der Waals surface area contributed by atoms with Gasteiger partial charge in [-0.3, -0.25) is 14.6 Å². The Kier molecular flexibility index (Phi) is 6.34. The molecule has 1 fully saturated rings. The molecule has 0 saturated heterocycles. The van der Waals surface area contributed by atoms with E-state index in [9.17, 15) is 14.7 Å². The van der Waals surface area contributed by atoms with Gasteiger partial charge in [-0.1, -0.05) is 46.2 Å². The number of aromatic nitrogens is 1. The van der Waals surface area contributed by atoms with Crippen LogP contribution in [0.5, 0.6) is 0 Å². The minimum absolute atomic E-state index is 0.0435. The molecule has 1 N–H and O–H groups in total. The first-order valence-corrected chi connectivity index (χ1v) is 11.0. The Hall–Kier alpha value is -2.24. The Labute approximate surface area is 178 Å². The molecule has 0 spiro atoms. The van der Waals surface area contributed by atoms with Crippen molar-refractivity contribution in [2.45, 2.75) is 86.0 Å². The lowest BCUT2D eigenvalue weighted by Crippen LogP contribution is -2.33. The number of fused-ring (bicyclic) bond motifs is 1. The van der Waals surface area contributed by atoms with Crippen LogP contribution in [0.2, 0.25) is 0 Å². The van der Waals surface area contributed by atoms with Gasteiger partial charge in [0.1, 0.15) is 11.5 Å². The molecule has 1 saturated carbocycles. The fourth-order valence-corrected chi connectivity index (χ4v) is 4.47. The number of nitrogens with zero attached hydrogens (tertiary/aromatic N) is 2. The zero-order valence-corrected chi connectivity index (χ0v) is 18.9. The number of aliphatic imine (C=N–C) groups is 1. The van der Waals surface area contributed by atoms with E-state index in [1.807, 2.05) is 13.8 Å². The number of allylic oxidation sites excluding steroid dienone is 2. The monoisotopic (exact) mass is 414 g/mol. The maximum atomic E-state index is 12.8. The topological polar surface area (TPSA) is 92.8 Å². The highest BCUT2D eigenvalue weighted by Crippen LogP contribution is 2.38. The summed E-state index contributed by atoms with van der Waals surface area (Å²) in [6.45, 7) is 11.0. The second kappa shape index (κ2) is 8.48.